The first kappa shape index (κ1) is 23.1. The highest BCUT2D eigenvalue weighted by Crippen LogP contribution is 2.28. The van der Waals surface area contributed by atoms with E-state index in [1.165, 1.54) is 0 Å². The van der Waals surface area contributed by atoms with Crippen LogP contribution >= 0.6 is 0 Å². The minimum absolute atomic E-state index is 0.270. The van der Waals surface area contributed by atoms with E-state index >= 15 is 0 Å². The number of para-hydroxylation sites is 1. The van der Waals surface area contributed by atoms with Crippen molar-refractivity contribution in [3.05, 3.63) is 90.0 Å². The van der Waals surface area contributed by atoms with Crippen LogP contribution in [0.15, 0.2) is 78.9 Å². The fraction of sp³-hybridized carbons (Fsp3) is 0.259. The topological polar surface area (TPSA) is 58.6 Å². The van der Waals surface area contributed by atoms with Crippen LogP contribution in [-0.4, -0.2) is 24.5 Å². The fourth-order valence-corrected chi connectivity index (χ4v) is 3.45. The molecule has 0 aliphatic carbocycles. The first-order valence-electron chi connectivity index (χ1n) is 10.9. The Kier molecular flexibility index (Phi) is 7.66. The number of ether oxygens (including phenoxy) is 1. The van der Waals surface area contributed by atoms with Crippen molar-refractivity contribution in [2.75, 3.05) is 16.8 Å². The first-order valence-corrected chi connectivity index (χ1v) is 10.9. The lowest BCUT2D eigenvalue weighted by Gasteiger charge is -2.29. The molecule has 1 N–H and O–H groups in total. The maximum Gasteiger partial charge on any atom is 0.338 e. The van der Waals surface area contributed by atoms with Crippen LogP contribution in [0.25, 0.3) is 0 Å². The molecular formula is C27H30N2O3. The van der Waals surface area contributed by atoms with Gasteiger partial charge in [-0.1, -0.05) is 44.2 Å². The molecule has 32 heavy (non-hydrogen) atoms. The van der Waals surface area contributed by atoms with E-state index in [-0.39, 0.29) is 18.6 Å². The zero-order valence-electron chi connectivity index (χ0n) is 19.0. The van der Waals surface area contributed by atoms with E-state index in [0.717, 1.165) is 16.9 Å². The Morgan fingerprint density at radius 1 is 0.812 bits per heavy atom. The van der Waals surface area contributed by atoms with E-state index in [9.17, 15) is 9.59 Å². The molecule has 0 fully saturated rings. The van der Waals surface area contributed by atoms with Gasteiger partial charge in [-0.15, -0.1) is 0 Å². The van der Waals surface area contributed by atoms with Gasteiger partial charge in [0.25, 0.3) is 5.91 Å². The number of hydrogen-bond donors (Lipinski definition) is 1. The number of esters is 1. The molecule has 1 amide bonds. The summed E-state index contributed by atoms with van der Waals surface area (Å²) in [5, 5.41) is 2.77. The van der Waals surface area contributed by atoms with Crippen LogP contribution in [0.5, 0.6) is 0 Å². The first-order chi connectivity index (χ1) is 15.3. The standard InChI is InChI=1S/C27H30N2O3/c1-19(2)21-10-12-22(13-11-21)27(31)32-18-26(30)28-23-14-16-25(17-15-23)29(20(3)4)24-8-6-5-7-9-24/h5-17,19-20H,18H2,1-4H3,(H,28,30). The molecule has 166 valence electrons. The molecule has 0 spiro atoms. The van der Waals surface area contributed by atoms with Crippen molar-refractivity contribution in [3.63, 3.8) is 0 Å². The number of hydrogen-bond acceptors (Lipinski definition) is 4. The van der Waals surface area contributed by atoms with Crippen LogP contribution in [0.1, 0.15) is 49.5 Å². The predicted octanol–water partition coefficient (Wildman–Crippen LogP) is 6.15. The summed E-state index contributed by atoms with van der Waals surface area (Å²) >= 11 is 0. The summed E-state index contributed by atoms with van der Waals surface area (Å²) < 4.78 is 5.15. The van der Waals surface area contributed by atoms with Crippen molar-refractivity contribution in [2.45, 2.75) is 39.7 Å². The Morgan fingerprint density at radius 2 is 1.41 bits per heavy atom. The summed E-state index contributed by atoms with van der Waals surface area (Å²) in [6, 6.07) is 25.3. The van der Waals surface area contributed by atoms with Gasteiger partial charge >= 0.3 is 5.97 Å². The summed E-state index contributed by atoms with van der Waals surface area (Å²) in [6.45, 7) is 8.11. The minimum atomic E-state index is -0.513. The van der Waals surface area contributed by atoms with E-state index in [4.69, 9.17) is 4.74 Å². The Morgan fingerprint density at radius 3 is 1.97 bits per heavy atom. The van der Waals surface area contributed by atoms with Crippen LogP contribution in [-0.2, 0) is 9.53 Å². The van der Waals surface area contributed by atoms with Crippen LogP contribution < -0.4 is 10.2 Å². The molecule has 3 rings (SSSR count). The summed E-state index contributed by atoms with van der Waals surface area (Å²) in [5.41, 5.74) is 4.35. The van der Waals surface area contributed by atoms with E-state index in [2.05, 4.69) is 50.0 Å². The maximum absolute atomic E-state index is 12.2. The molecule has 0 bridgehead atoms. The van der Waals surface area contributed by atoms with Crippen molar-refractivity contribution in [3.8, 4) is 0 Å². The number of nitrogens with one attached hydrogen (secondary N) is 1. The SMILES string of the molecule is CC(C)c1ccc(C(=O)OCC(=O)Nc2ccc(N(c3ccccc3)C(C)C)cc2)cc1. The average Bonchev–Trinajstić information content (AvgIpc) is 2.79. The van der Waals surface area contributed by atoms with E-state index in [1.807, 2.05) is 54.6 Å². The highest BCUT2D eigenvalue weighted by Gasteiger charge is 2.14. The molecule has 0 unspecified atom stereocenters. The lowest BCUT2D eigenvalue weighted by atomic mass is 10.0. The third kappa shape index (κ3) is 5.97. The number of carbonyl (C=O) groups is 2. The number of benzene rings is 3. The molecule has 3 aromatic carbocycles. The molecule has 5 heteroatoms. The van der Waals surface area contributed by atoms with Crippen molar-refractivity contribution in [2.24, 2.45) is 0 Å². The van der Waals surface area contributed by atoms with Gasteiger partial charge in [0.2, 0.25) is 0 Å². The van der Waals surface area contributed by atoms with Gasteiger partial charge in [0.1, 0.15) is 0 Å². The number of nitrogens with zero attached hydrogens (tertiary/aromatic N) is 1. The number of amides is 1. The number of anilines is 3. The Bertz CT molecular complexity index is 1030. The van der Waals surface area contributed by atoms with Crippen LogP contribution in [0.2, 0.25) is 0 Å². The molecule has 0 radical (unpaired) electrons. The van der Waals surface area contributed by atoms with Gasteiger partial charge in [-0.25, -0.2) is 4.79 Å². The van der Waals surface area contributed by atoms with E-state index < -0.39 is 5.97 Å². The largest absolute Gasteiger partial charge is 0.452 e. The van der Waals surface area contributed by atoms with Gasteiger partial charge < -0.3 is 15.0 Å². The molecule has 0 aliphatic heterocycles. The van der Waals surface area contributed by atoms with Crippen molar-refractivity contribution in [1.82, 2.24) is 0 Å². The monoisotopic (exact) mass is 430 g/mol. The normalized spacial score (nSPS) is 10.8. The van der Waals surface area contributed by atoms with Crippen molar-refractivity contribution in [1.29, 1.82) is 0 Å². The van der Waals surface area contributed by atoms with Crippen molar-refractivity contribution >= 4 is 28.9 Å². The Balaban J connectivity index is 1.57. The molecule has 0 saturated heterocycles. The molecule has 5 nitrogen and oxygen atoms in total. The molecule has 0 saturated carbocycles. The number of carbonyl (C=O) groups excluding carboxylic acids is 2. The summed E-state index contributed by atoms with van der Waals surface area (Å²) in [7, 11) is 0. The molecule has 0 atom stereocenters. The maximum atomic E-state index is 12.2. The van der Waals surface area contributed by atoms with Crippen molar-refractivity contribution < 1.29 is 14.3 Å². The third-order valence-electron chi connectivity index (χ3n) is 5.13. The molecule has 3 aromatic rings. The highest BCUT2D eigenvalue weighted by atomic mass is 16.5. The van der Waals surface area contributed by atoms with E-state index in [1.54, 1.807) is 12.1 Å². The zero-order chi connectivity index (χ0) is 23.1. The smallest absolute Gasteiger partial charge is 0.338 e. The van der Waals surface area contributed by atoms with Crippen LogP contribution in [0.3, 0.4) is 0 Å². The third-order valence-corrected chi connectivity index (χ3v) is 5.13. The quantitative estimate of drug-likeness (QED) is 0.435. The lowest BCUT2D eigenvalue weighted by molar-refractivity contribution is -0.119. The minimum Gasteiger partial charge on any atom is -0.452 e. The van der Waals surface area contributed by atoms with Crippen LogP contribution in [0.4, 0.5) is 17.1 Å². The van der Waals surface area contributed by atoms with E-state index in [0.29, 0.717) is 17.2 Å². The zero-order valence-corrected chi connectivity index (χ0v) is 19.0. The Hall–Kier alpha value is -3.60. The lowest BCUT2D eigenvalue weighted by Crippen LogP contribution is -2.25. The van der Waals surface area contributed by atoms with Gasteiger partial charge in [-0.3, -0.25) is 4.79 Å². The van der Waals surface area contributed by atoms with Gasteiger partial charge in [-0.2, -0.15) is 0 Å². The molecular weight excluding hydrogens is 400 g/mol. The fourth-order valence-electron chi connectivity index (χ4n) is 3.45. The predicted molar refractivity (Wildman–Crippen MR) is 130 cm³/mol. The number of rotatable bonds is 8. The van der Waals surface area contributed by atoms with Gasteiger partial charge in [0.05, 0.1) is 5.56 Å². The summed E-state index contributed by atoms with van der Waals surface area (Å²) in [6.07, 6.45) is 0. The molecule has 0 aliphatic rings. The van der Waals surface area contributed by atoms with Gasteiger partial charge in [-0.05, 0) is 73.9 Å². The molecule has 0 heterocycles. The Labute approximate surface area is 190 Å². The second-order valence-electron chi connectivity index (χ2n) is 8.25. The van der Waals surface area contributed by atoms with Crippen LogP contribution in [0, 0.1) is 0 Å². The summed E-state index contributed by atoms with van der Waals surface area (Å²) in [4.78, 5) is 26.7. The second kappa shape index (κ2) is 10.6. The highest BCUT2D eigenvalue weighted by molar-refractivity contribution is 5.95. The average molecular weight is 431 g/mol. The second-order valence-corrected chi connectivity index (χ2v) is 8.25. The van der Waals surface area contributed by atoms with Gasteiger partial charge in [0, 0.05) is 23.1 Å². The summed E-state index contributed by atoms with van der Waals surface area (Å²) in [5.74, 6) is -0.507. The van der Waals surface area contributed by atoms with Gasteiger partial charge in [0.15, 0.2) is 6.61 Å². The molecule has 0 aromatic heterocycles.